The van der Waals surface area contributed by atoms with Crippen LogP contribution in [-0.4, -0.2) is 25.8 Å². The first kappa shape index (κ1) is 11.2. The molecule has 1 aliphatic rings. The van der Waals surface area contributed by atoms with Crippen LogP contribution in [0.3, 0.4) is 0 Å². The van der Waals surface area contributed by atoms with Gasteiger partial charge in [-0.05, 0) is 25.2 Å². The summed E-state index contributed by atoms with van der Waals surface area (Å²) in [6.07, 6.45) is 1.92. The first-order chi connectivity index (χ1) is 7.85. The summed E-state index contributed by atoms with van der Waals surface area (Å²) in [5.41, 5.74) is 0.804. The molecule has 1 fully saturated rings. The van der Waals surface area contributed by atoms with Gasteiger partial charge in [-0.15, -0.1) is 0 Å². The van der Waals surface area contributed by atoms with Crippen LogP contribution >= 0.6 is 0 Å². The summed E-state index contributed by atoms with van der Waals surface area (Å²) in [6.45, 7) is 1.97. The Kier molecular flexibility index (Phi) is 3.61. The molecule has 0 atom stereocenters. The largest absolute Gasteiger partial charge is 0.365 e. The molecule has 1 heterocycles. The van der Waals surface area contributed by atoms with E-state index in [2.05, 4.69) is 17.2 Å². The third-order valence-electron chi connectivity index (χ3n) is 3.01. The van der Waals surface area contributed by atoms with Gasteiger partial charge in [0.1, 0.15) is 5.60 Å². The molecule has 1 aromatic carbocycles. The highest BCUT2D eigenvalue weighted by atomic mass is 16.5. The van der Waals surface area contributed by atoms with Gasteiger partial charge < -0.3 is 10.1 Å². The molecular formula is C14H17NO. The van der Waals surface area contributed by atoms with Crippen molar-refractivity contribution in [3.63, 3.8) is 0 Å². The van der Waals surface area contributed by atoms with Crippen molar-refractivity contribution < 1.29 is 4.74 Å². The summed E-state index contributed by atoms with van der Waals surface area (Å²) < 4.78 is 5.59. The molecule has 0 saturated carbocycles. The normalized spacial score (nSPS) is 18.6. The van der Waals surface area contributed by atoms with Crippen molar-refractivity contribution >= 4 is 0 Å². The van der Waals surface area contributed by atoms with Crippen LogP contribution in [-0.2, 0) is 4.74 Å². The zero-order valence-electron chi connectivity index (χ0n) is 9.62. The average Bonchev–Trinajstić information content (AvgIpc) is 2.39. The molecule has 0 amide bonds. The SMILES string of the molecule is COC1(C#Cc2ccccc2)CCNCC1. The van der Waals surface area contributed by atoms with Gasteiger partial charge in [-0.2, -0.15) is 0 Å². The Labute approximate surface area is 97.0 Å². The molecule has 0 aliphatic carbocycles. The lowest BCUT2D eigenvalue weighted by atomic mass is 9.92. The van der Waals surface area contributed by atoms with Crippen molar-refractivity contribution in [2.45, 2.75) is 18.4 Å². The first-order valence-electron chi connectivity index (χ1n) is 5.69. The topological polar surface area (TPSA) is 21.3 Å². The number of hydrogen-bond donors (Lipinski definition) is 1. The standard InChI is InChI=1S/C14H17NO/c1-16-14(9-11-15-12-10-14)8-7-13-5-3-2-4-6-13/h2-6,15H,9-12H2,1H3. The van der Waals surface area contributed by atoms with Crippen LogP contribution in [0.1, 0.15) is 18.4 Å². The van der Waals surface area contributed by atoms with E-state index < -0.39 is 0 Å². The molecule has 0 spiro atoms. The molecule has 2 rings (SSSR count). The lowest BCUT2D eigenvalue weighted by Crippen LogP contribution is -2.42. The fourth-order valence-corrected chi connectivity index (χ4v) is 1.92. The Bertz CT molecular complexity index is 382. The highest BCUT2D eigenvalue weighted by Gasteiger charge is 2.29. The fraction of sp³-hybridized carbons (Fsp3) is 0.429. The van der Waals surface area contributed by atoms with Crippen LogP contribution in [0.25, 0.3) is 0 Å². The number of piperidine rings is 1. The van der Waals surface area contributed by atoms with Crippen LogP contribution < -0.4 is 5.32 Å². The Morgan fingerprint density at radius 1 is 1.19 bits per heavy atom. The minimum Gasteiger partial charge on any atom is -0.365 e. The number of nitrogens with one attached hydrogen (secondary N) is 1. The minimum absolute atomic E-state index is 0.249. The van der Waals surface area contributed by atoms with E-state index in [0.29, 0.717) is 0 Å². The molecule has 84 valence electrons. The van der Waals surface area contributed by atoms with Gasteiger partial charge in [0.25, 0.3) is 0 Å². The van der Waals surface area contributed by atoms with Gasteiger partial charge in [-0.1, -0.05) is 30.0 Å². The van der Waals surface area contributed by atoms with Crippen LogP contribution in [0.2, 0.25) is 0 Å². The average molecular weight is 215 g/mol. The second-order valence-corrected chi connectivity index (χ2v) is 4.06. The molecule has 16 heavy (non-hydrogen) atoms. The van der Waals surface area contributed by atoms with Gasteiger partial charge in [0.05, 0.1) is 0 Å². The molecule has 1 aromatic rings. The van der Waals surface area contributed by atoms with Gasteiger partial charge in [-0.25, -0.2) is 0 Å². The fourth-order valence-electron chi connectivity index (χ4n) is 1.92. The maximum Gasteiger partial charge on any atom is 0.131 e. The molecule has 1 N–H and O–H groups in total. The van der Waals surface area contributed by atoms with E-state index in [-0.39, 0.29) is 5.60 Å². The predicted octanol–water partition coefficient (Wildman–Crippen LogP) is 1.81. The quantitative estimate of drug-likeness (QED) is 0.721. The molecule has 0 unspecified atom stereocenters. The van der Waals surface area contributed by atoms with Gasteiger partial charge in [0.2, 0.25) is 0 Å². The summed E-state index contributed by atoms with van der Waals surface area (Å²) in [5, 5.41) is 3.32. The van der Waals surface area contributed by atoms with Crippen molar-refractivity contribution in [1.29, 1.82) is 0 Å². The molecule has 2 heteroatoms. The molecule has 1 saturated heterocycles. The maximum absolute atomic E-state index is 5.59. The summed E-state index contributed by atoms with van der Waals surface area (Å²) in [4.78, 5) is 0. The molecule has 0 bridgehead atoms. The second-order valence-electron chi connectivity index (χ2n) is 4.06. The van der Waals surface area contributed by atoms with Gasteiger partial charge in [-0.3, -0.25) is 0 Å². The Balaban J connectivity index is 2.15. The van der Waals surface area contributed by atoms with E-state index in [1.807, 2.05) is 30.3 Å². The van der Waals surface area contributed by atoms with Crippen LogP contribution in [0.15, 0.2) is 30.3 Å². The summed E-state index contributed by atoms with van der Waals surface area (Å²) in [6, 6.07) is 10.1. The van der Waals surface area contributed by atoms with Gasteiger partial charge in [0, 0.05) is 25.5 Å². The lowest BCUT2D eigenvalue weighted by molar-refractivity contribution is 0.0159. The lowest BCUT2D eigenvalue weighted by Gasteiger charge is -2.31. The summed E-state index contributed by atoms with van der Waals surface area (Å²) >= 11 is 0. The Hall–Kier alpha value is -1.30. The minimum atomic E-state index is -0.249. The van der Waals surface area contributed by atoms with Crippen molar-refractivity contribution in [3.8, 4) is 11.8 Å². The van der Waals surface area contributed by atoms with E-state index in [0.717, 1.165) is 31.5 Å². The van der Waals surface area contributed by atoms with Gasteiger partial charge >= 0.3 is 0 Å². The summed E-state index contributed by atoms with van der Waals surface area (Å²) in [7, 11) is 1.75. The zero-order chi connectivity index (χ0) is 11.3. The zero-order valence-corrected chi connectivity index (χ0v) is 9.62. The van der Waals surface area contributed by atoms with E-state index >= 15 is 0 Å². The highest BCUT2D eigenvalue weighted by molar-refractivity contribution is 5.36. The summed E-state index contributed by atoms with van der Waals surface area (Å²) in [5.74, 6) is 6.49. The number of methoxy groups -OCH3 is 1. The highest BCUT2D eigenvalue weighted by Crippen LogP contribution is 2.21. The number of ether oxygens (including phenoxy) is 1. The number of benzene rings is 1. The third kappa shape index (κ3) is 2.63. The smallest absolute Gasteiger partial charge is 0.131 e. The molecule has 2 nitrogen and oxygen atoms in total. The molecule has 0 aromatic heterocycles. The molecule has 1 aliphatic heterocycles. The van der Waals surface area contributed by atoms with E-state index in [4.69, 9.17) is 4.74 Å². The maximum atomic E-state index is 5.59. The van der Waals surface area contributed by atoms with Crippen molar-refractivity contribution in [1.82, 2.24) is 5.32 Å². The van der Waals surface area contributed by atoms with Crippen LogP contribution in [0, 0.1) is 11.8 Å². The molecule has 0 radical (unpaired) electrons. The van der Waals surface area contributed by atoms with E-state index in [1.165, 1.54) is 0 Å². The van der Waals surface area contributed by atoms with Crippen molar-refractivity contribution in [3.05, 3.63) is 35.9 Å². The predicted molar refractivity (Wildman–Crippen MR) is 65.2 cm³/mol. The van der Waals surface area contributed by atoms with Crippen LogP contribution in [0.5, 0.6) is 0 Å². The Morgan fingerprint density at radius 3 is 2.50 bits per heavy atom. The van der Waals surface area contributed by atoms with Gasteiger partial charge in [0.15, 0.2) is 0 Å². The van der Waals surface area contributed by atoms with Crippen LogP contribution in [0.4, 0.5) is 0 Å². The van der Waals surface area contributed by atoms with E-state index in [1.54, 1.807) is 7.11 Å². The molecular weight excluding hydrogens is 198 g/mol. The third-order valence-corrected chi connectivity index (χ3v) is 3.01. The monoisotopic (exact) mass is 215 g/mol. The van der Waals surface area contributed by atoms with E-state index in [9.17, 15) is 0 Å². The van der Waals surface area contributed by atoms with Crippen molar-refractivity contribution in [2.75, 3.05) is 20.2 Å². The number of hydrogen-bond acceptors (Lipinski definition) is 2. The first-order valence-corrected chi connectivity index (χ1v) is 5.69. The Morgan fingerprint density at radius 2 is 1.88 bits per heavy atom. The van der Waals surface area contributed by atoms with Crippen molar-refractivity contribution in [2.24, 2.45) is 0 Å². The number of rotatable bonds is 1. The second kappa shape index (κ2) is 5.16.